The Kier molecular flexibility index (Phi) is 4.04. The van der Waals surface area contributed by atoms with E-state index in [2.05, 4.69) is 13.5 Å². The van der Waals surface area contributed by atoms with E-state index in [4.69, 9.17) is 10.1 Å². The summed E-state index contributed by atoms with van der Waals surface area (Å²) in [6.45, 7) is 10.1. The summed E-state index contributed by atoms with van der Waals surface area (Å²) in [6.07, 6.45) is 3.13. The van der Waals surface area contributed by atoms with Gasteiger partial charge in [-0.05, 0) is 13.8 Å². The predicted octanol–water partition coefficient (Wildman–Crippen LogP) is 2.25. The topological polar surface area (TPSA) is 33.1 Å². The van der Waals surface area contributed by atoms with Gasteiger partial charge in [0.25, 0.3) is 0 Å². The zero-order valence-corrected chi connectivity index (χ0v) is 7.55. The first kappa shape index (κ1) is 10.4. The SMILES string of the molecule is C=CC(C)C(C)(C)OCC=N. The average Bonchev–Trinajstić information content (AvgIpc) is 1.99. The largest absolute Gasteiger partial charge is 0.369 e. The molecule has 0 fully saturated rings. The minimum absolute atomic E-state index is 0.209. The van der Waals surface area contributed by atoms with Crippen LogP contribution >= 0.6 is 0 Å². The van der Waals surface area contributed by atoms with Crippen molar-refractivity contribution in [2.45, 2.75) is 26.4 Å². The third-order valence-corrected chi connectivity index (χ3v) is 1.99. The highest BCUT2D eigenvalue weighted by Crippen LogP contribution is 2.20. The molecule has 0 aromatic rings. The summed E-state index contributed by atoms with van der Waals surface area (Å²) in [4.78, 5) is 0. The average molecular weight is 155 g/mol. The van der Waals surface area contributed by atoms with Gasteiger partial charge in [0, 0.05) is 12.1 Å². The molecule has 0 aliphatic heterocycles. The molecule has 64 valence electrons. The second kappa shape index (κ2) is 4.29. The van der Waals surface area contributed by atoms with Crippen LogP contribution in [0.25, 0.3) is 0 Å². The van der Waals surface area contributed by atoms with Crippen LogP contribution < -0.4 is 0 Å². The van der Waals surface area contributed by atoms with Crippen LogP contribution in [0.1, 0.15) is 20.8 Å². The fraction of sp³-hybridized carbons (Fsp3) is 0.667. The van der Waals surface area contributed by atoms with E-state index in [-0.39, 0.29) is 5.60 Å². The molecule has 2 nitrogen and oxygen atoms in total. The van der Waals surface area contributed by atoms with E-state index in [1.807, 2.05) is 19.9 Å². The van der Waals surface area contributed by atoms with Crippen LogP contribution in [0.4, 0.5) is 0 Å². The lowest BCUT2D eigenvalue weighted by Crippen LogP contribution is -2.32. The van der Waals surface area contributed by atoms with Gasteiger partial charge in [0.05, 0.1) is 12.2 Å². The molecule has 0 amide bonds. The van der Waals surface area contributed by atoms with Gasteiger partial charge in [-0.3, -0.25) is 0 Å². The fourth-order valence-electron chi connectivity index (χ4n) is 0.672. The van der Waals surface area contributed by atoms with Crippen molar-refractivity contribution in [2.24, 2.45) is 5.92 Å². The van der Waals surface area contributed by atoms with Crippen molar-refractivity contribution in [3.05, 3.63) is 12.7 Å². The zero-order chi connectivity index (χ0) is 8.91. The van der Waals surface area contributed by atoms with Gasteiger partial charge >= 0.3 is 0 Å². The van der Waals surface area contributed by atoms with Gasteiger partial charge in [0.2, 0.25) is 0 Å². The first-order valence-corrected chi connectivity index (χ1v) is 3.80. The molecule has 2 heteroatoms. The van der Waals surface area contributed by atoms with Crippen LogP contribution in [-0.2, 0) is 4.74 Å². The first-order valence-electron chi connectivity index (χ1n) is 3.80. The quantitative estimate of drug-likeness (QED) is 0.479. The van der Waals surface area contributed by atoms with Crippen molar-refractivity contribution in [3.63, 3.8) is 0 Å². The summed E-state index contributed by atoms with van der Waals surface area (Å²) in [5, 5.41) is 6.80. The Bertz CT molecular complexity index is 140. The van der Waals surface area contributed by atoms with E-state index in [1.54, 1.807) is 0 Å². The van der Waals surface area contributed by atoms with Crippen molar-refractivity contribution in [1.82, 2.24) is 0 Å². The normalized spacial score (nSPS) is 14.1. The summed E-state index contributed by atoms with van der Waals surface area (Å²) in [7, 11) is 0. The molecule has 1 unspecified atom stereocenters. The summed E-state index contributed by atoms with van der Waals surface area (Å²) >= 11 is 0. The summed E-state index contributed by atoms with van der Waals surface area (Å²) < 4.78 is 5.42. The maximum atomic E-state index is 6.80. The molecule has 1 atom stereocenters. The highest BCUT2D eigenvalue weighted by atomic mass is 16.5. The predicted molar refractivity (Wildman–Crippen MR) is 48.2 cm³/mol. The minimum Gasteiger partial charge on any atom is -0.369 e. The van der Waals surface area contributed by atoms with Crippen LogP contribution in [0.5, 0.6) is 0 Å². The molecule has 0 saturated carbocycles. The monoisotopic (exact) mass is 155 g/mol. The third kappa shape index (κ3) is 3.33. The fourth-order valence-corrected chi connectivity index (χ4v) is 0.672. The number of hydrogen-bond acceptors (Lipinski definition) is 2. The standard InChI is InChI=1S/C9H17NO/c1-5-8(2)9(3,4)11-7-6-10/h5-6,8,10H,1,7H2,2-4H3. The summed E-state index contributed by atoms with van der Waals surface area (Å²) in [5.41, 5.74) is -0.209. The van der Waals surface area contributed by atoms with Crippen molar-refractivity contribution >= 4 is 6.21 Å². The van der Waals surface area contributed by atoms with E-state index in [1.165, 1.54) is 6.21 Å². The van der Waals surface area contributed by atoms with Crippen LogP contribution in [-0.4, -0.2) is 18.4 Å². The molecule has 0 aromatic carbocycles. The third-order valence-electron chi connectivity index (χ3n) is 1.99. The van der Waals surface area contributed by atoms with Gasteiger partial charge in [0.1, 0.15) is 0 Å². The number of ether oxygens (including phenoxy) is 1. The Labute approximate surface area is 68.8 Å². The van der Waals surface area contributed by atoms with E-state index >= 15 is 0 Å². The Hall–Kier alpha value is -0.630. The highest BCUT2D eigenvalue weighted by molar-refractivity contribution is 5.54. The lowest BCUT2D eigenvalue weighted by atomic mass is 9.93. The maximum absolute atomic E-state index is 6.80. The van der Waals surface area contributed by atoms with Crippen LogP contribution in [0.15, 0.2) is 12.7 Å². The Morgan fingerprint density at radius 1 is 1.64 bits per heavy atom. The second-order valence-corrected chi connectivity index (χ2v) is 3.14. The molecule has 1 N–H and O–H groups in total. The van der Waals surface area contributed by atoms with Gasteiger partial charge in [0.15, 0.2) is 0 Å². The van der Waals surface area contributed by atoms with Crippen molar-refractivity contribution in [1.29, 1.82) is 5.41 Å². The maximum Gasteiger partial charge on any atom is 0.0819 e. The molecule has 0 heterocycles. The molecule has 0 aliphatic rings. The molecular weight excluding hydrogens is 138 g/mol. The van der Waals surface area contributed by atoms with Crippen molar-refractivity contribution in [2.75, 3.05) is 6.61 Å². The Balaban J connectivity index is 3.96. The molecule has 0 aromatic heterocycles. The first-order chi connectivity index (χ1) is 5.04. The van der Waals surface area contributed by atoms with Crippen LogP contribution in [0.2, 0.25) is 0 Å². The van der Waals surface area contributed by atoms with Gasteiger partial charge in [-0.1, -0.05) is 13.0 Å². The van der Waals surface area contributed by atoms with E-state index in [0.29, 0.717) is 12.5 Å². The molecular formula is C9H17NO. The van der Waals surface area contributed by atoms with E-state index < -0.39 is 0 Å². The lowest BCUT2D eigenvalue weighted by Gasteiger charge is -2.29. The molecule has 0 radical (unpaired) electrons. The van der Waals surface area contributed by atoms with E-state index in [0.717, 1.165) is 0 Å². The molecule has 0 aliphatic carbocycles. The van der Waals surface area contributed by atoms with E-state index in [9.17, 15) is 0 Å². The lowest BCUT2D eigenvalue weighted by molar-refractivity contribution is -0.0210. The molecule has 11 heavy (non-hydrogen) atoms. The van der Waals surface area contributed by atoms with Crippen molar-refractivity contribution in [3.8, 4) is 0 Å². The molecule has 0 bridgehead atoms. The smallest absolute Gasteiger partial charge is 0.0819 e. The molecule has 0 rings (SSSR count). The molecule has 0 saturated heterocycles. The van der Waals surface area contributed by atoms with Gasteiger partial charge < -0.3 is 10.1 Å². The number of nitrogens with one attached hydrogen (secondary N) is 1. The summed E-state index contributed by atoms with van der Waals surface area (Å²) in [6, 6.07) is 0. The van der Waals surface area contributed by atoms with Gasteiger partial charge in [-0.15, -0.1) is 6.58 Å². The van der Waals surface area contributed by atoms with Crippen LogP contribution in [0.3, 0.4) is 0 Å². The number of rotatable bonds is 5. The Morgan fingerprint density at radius 2 is 2.18 bits per heavy atom. The van der Waals surface area contributed by atoms with Gasteiger partial charge in [-0.2, -0.15) is 0 Å². The zero-order valence-electron chi connectivity index (χ0n) is 7.55. The van der Waals surface area contributed by atoms with Gasteiger partial charge in [-0.25, -0.2) is 0 Å². The second-order valence-electron chi connectivity index (χ2n) is 3.14. The minimum atomic E-state index is -0.209. The Morgan fingerprint density at radius 3 is 2.55 bits per heavy atom. The van der Waals surface area contributed by atoms with Crippen molar-refractivity contribution < 1.29 is 4.74 Å². The van der Waals surface area contributed by atoms with Crippen LogP contribution in [0, 0.1) is 11.3 Å². The summed E-state index contributed by atoms with van der Waals surface area (Å²) in [5.74, 6) is 0.308. The molecule has 0 spiro atoms. The highest BCUT2D eigenvalue weighted by Gasteiger charge is 2.23. The number of hydrogen-bond donors (Lipinski definition) is 1.